The zero-order valence-corrected chi connectivity index (χ0v) is 8.95. The van der Waals surface area contributed by atoms with Gasteiger partial charge in [-0.2, -0.15) is 0 Å². The van der Waals surface area contributed by atoms with Crippen LogP contribution in [0.1, 0.15) is 39.0 Å². The summed E-state index contributed by atoms with van der Waals surface area (Å²) in [7, 11) is 0. The number of carbonyl (C=O) groups is 2. The third kappa shape index (κ3) is 1.83. The van der Waals surface area contributed by atoms with Crippen LogP contribution in [-0.4, -0.2) is 16.9 Å². The molecule has 0 aromatic carbocycles. The second-order valence-corrected chi connectivity index (χ2v) is 4.67. The molecule has 0 aliphatic heterocycles. The van der Waals surface area contributed by atoms with Crippen molar-refractivity contribution in [3.05, 3.63) is 11.1 Å². The molecule has 1 N–H and O–H groups in total. The van der Waals surface area contributed by atoms with Crippen molar-refractivity contribution < 1.29 is 14.7 Å². The van der Waals surface area contributed by atoms with Gasteiger partial charge in [0.05, 0.1) is 6.42 Å². The fraction of sp³-hybridized carbons (Fsp3) is 0.667. The molecular formula is C12H16O3. The number of aliphatic carboxylic acids is 1. The minimum Gasteiger partial charge on any atom is -0.481 e. The smallest absolute Gasteiger partial charge is 0.304 e. The van der Waals surface area contributed by atoms with E-state index in [9.17, 15) is 9.59 Å². The zero-order chi connectivity index (χ0) is 11.0. The molecular weight excluding hydrogens is 192 g/mol. The SMILES string of the molecule is C[C@@H]1CCCC2=C1C(=O)[C@@H](CC(=O)O)C2. The van der Waals surface area contributed by atoms with Gasteiger partial charge in [-0.15, -0.1) is 0 Å². The van der Waals surface area contributed by atoms with Crippen molar-refractivity contribution in [1.82, 2.24) is 0 Å². The Labute approximate surface area is 89.2 Å². The van der Waals surface area contributed by atoms with Crippen molar-refractivity contribution in [3.63, 3.8) is 0 Å². The summed E-state index contributed by atoms with van der Waals surface area (Å²) < 4.78 is 0. The minimum atomic E-state index is -0.860. The lowest BCUT2D eigenvalue weighted by atomic mass is 9.85. The van der Waals surface area contributed by atoms with E-state index in [0.29, 0.717) is 12.3 Å². The van der Waals surface area contributed by atoms with E-state index >= 15 is 0 Å². The van der Waals surface area contributed by atoms with E-state index in [1.165, 1.54) is 5.57 Å². The van der Waals surface area contributed by atoms with Gasteiger partial charge in [-0.3, -0.25) is 9.59 Å². The first kappa shape index (κ1) is 10.4. The molecule has 2 aliphatic carbocycles. The van der Waals surface area contributed by atoms with Crippen molar-refractivity contribution in [2.24, 2.45) is 11.8 Å². The van der Waals surface area contributed by atoms with Gasteiger partial charge in [0, 0.05) is 5.92 Å². The number of ketones is 1. The lowest BCUT2D eigenvalue weighted by Gasteiger charge is -2.19. The van der Waals surface area contributed by atoms with Crippen LogP contribution in [0.15, 0.2) is 11.1 Å². The van der Waals surface area contributed by atoms with Gasteiger partial charge >= 0.3 is 5.97 Å². The molecule has 0 fully saturated rings. The van der Waals surface area contributed by atoms with Gasteiger partial charge in [0.25, 0.3) is 0 Å². The van der Waals surface area contributed by atoms with Gasteiger partial charge < -0.3 is 5.11 Å². The first-order valence-electron chi connectivity index (χ1n) is 5.57. The highest BCUT2D eigenvalue weighted by Crippen LogP contribution is 2.41. The molecule has 0 spiro atoms. The molecule has 0 unspecified atom stereocenters. The Morgan fingerprint density at radius 1 is 1.53 bits per heavy atom. The summed E-state index contributed by atoms with van der Waals surface area (Å²) in [6.45, 7) is 2.08. The first-order valence-corrected chi connectivity index (χ1v) is 5.57. The average Bonchev–Trinajstić information content (AvgIpc) is 2.44. The Hall–Kier alpha value is -1.12. The molecule has 0 heterocycles. The number of hydrogen-bond donors (Lipinski definition) is 1. The van der Waals surface area contributed by atoms with Crippen LogP contribution in [0.5, 0.6) is 0 Å². The predicted octanol–water partition coefficient (Wildman–Crippen LogP) is 2.17. The van der Waals surface area contributed by atoms with Gasteiger partial charge in [0.2, 0.25) is 0 Å². The highest BCUT2D eigenvalue weighted by molar-refractivity contribution is 6.02. The summed E-state index contributed by atoms with van der Waals surface area (Å²) in [6, 6.07) is 0. The van der Waals surface area contributed by atoms with Crippen molar-refractivity contribution in [2.75, 3.05) is 0 Å². The lowest BCUT2D eigenvalue weighted by Crippen LogP contribution is -2.18. The van der Waals surface area contributed by atoms with E-state index in [0.717, 1.165) is 24.8 Å². The molecule has 0 amide bonds. The number of carboxylic acid groups (broad SMARTS) is 1. The third-order valence-electron chi connectivity index (χ3n) is 3.54. The number of rotatable bonds is 2. The van der Waals surface area contributed by atoms with Gasteiger partial charge in [-0.05, 0) is 37.2 Å². The summed E-state index contributed by atoms with van der Waals surface area (Å²) in [5.41, 5.74) is 2.21. The molecule has 0 saturated heterocycles. The van der Waals surface area contributed by atoms with Crippen molar-refractivity contribution in [3.8, 4) is 0 Å². The van der Waals surface area contributed by atoms with Crippen LogP contribution in [0.25, 0.3) is 0 Å². The van der Waals surface area contributed by atoms with Crippen LogP contribution < -0.4 is 0 Å². The maximum atomic E-state index is 12.0. The normalized spacial score (nSPS) is 30.6. The Balaban J connectivity index is 2.16. The first-order chi connectivity index (χ1) is 7.09. The van der Waals surface area contributed by atoms with Gasteiger partial charge in [0.15, 0.2) is 5.78 Å². The van der Waals surface area contributed by atoms with E-state index in [1.807, 2.05) is 0 Å². The largest absolute Gasteiger partial charge is 0.481 e. The van der Waals surface area contributed by atoms with E-state index < -0.39 is 5.97 Å². The molecule has 0 radical (unpaired) electrons. The predicted molar refractivity (Wildman–Crippen MR) is 55.4 cm³/mol. The van der Waals surface area contributed by atoms with E-state index in [4.69, 9.17) is 5.11 Å². The summed E-state index contributed by atoms with van der Waals surface area (Å²) >= 11 is 0. The molecule has 0 aromatic rings. The van der Waals surface area contributed by atoms with Gasteiger partial charge in [-0.25, -0.2) is 0 Å². The molecule has 82 valence electrons. The zero-order valence-electron chi connectivity index (χ0n) is 8.95. The van der Waals surface area contributed by atoms with Crippen LogP contribution in [0.4, 0.5) is 0 Å². The molecule has 2 aliphatic rings. The summed E-state index contributed by atoms with van der Waals surface area (Å²) in [6.07, 6.45) is 3.92. The monoisotopic (exact) mass is 208 g/mol. The number of hydrogen-bond acceptors (Lipinski definition) is 2. The van der Waals surface area contributed by atoms with Crippen LogP contribution in [-0.2, 0) is 9.59 Å². The fourth-order valence-corrected chi connectivity index (χ4v) is 2.86. The second kappa shape index (κ2) is 3.80. The number of carboxylic acids is 1. The van der Waals surface area contributed by atoms with Crippen molar-refractivity contribution >= 4 is 11.8 Å². The summed E-state index contributed by atoms with van der Waals surface area (Å²) in [5, 5.41) is 8.72. The molecule has 15 heavy (non-hydrogen) atoms. The minimum absolute atomic E-state index is 0.00144. The van der Waals surface area contributed by atoms with Crippen LogP contribution in [0, 0.1) is 11.8 Å². The molecule has 2 rings (SSSR count). The Bertz CT molecular complexity index is 341. The average molecular weight is 208 g/mol. The maximum absolute atomic E-state index is 12.0. The number of carbonyl (C=O) groups excluding carboxylic acids is 1. The summed E-state index contributed by atoms with van der Waals surface area (Å²) in [4.78, 5) is 22.6. The Kier molecular flexibility index (Phi) is 2.63. The quantitative estimate of drug-likeness (QED) is 0.756. The maximum Gasteiger partial charge on any atom is 0.304 e. The second-order valence-electron chi connectivity index (χ2n) is 4.67. The fourth-order valence-electron chi connectivity index (χ4n) is 2.86. The molecule has 0 bridgehead atoms. The topological polar surface area (TPSA) is 54.4 Å². The standard InChI is InChI=1S/C12H16O3/c1-7-3-2-4-8-5-9(6-10(13)14)12(15)11(7)8/h7,9H,2-6H2,1H3,(H,13,14)/t7-,9-/m1/s1. The van der Waals surface area contributed by atoms with Gasteiger partial charge in [0.1, 0.15) is 0 Å². The van der Waals surface area contributed by atoms with Crippen molar-refractivity contribution in [2.45, 2.75) is 39.0 Å². The molecule has 3 heteroatoms. The van der Waals surface area contributed by atoms with E-state index in [2.05, 4.69) is 6.92 Å². The van der Waals surface area contributed by atoms with Crippen molar-refractivity contribution in [1.29, 1.82) is 0 Å². The highest BCUT2D eigenvalue weighted by Gasteiger charge is 2.37. The van der Waals surface area contributed by atoms with Crippen LogP contribution in [0.2, 0.25) is 0 Å². The van der Waals surface area contributed by atoms with Crippen LogP contribution >= 0.6 is 0 Å². The Morgan fingerprint density at radius 3 is 2.87 bits per heavy atom. The van der Waals surface area contributed by atoms with E-state index in [-0.39, 0.29) is 18.1 Å². The van der Waals surface area contributed by atoms with Crippen LogP contribution in [0.3, 0.4) is 0 Å². The molecule has 0 aromatic heterocycles. The van der Waals surface area contributed by atoms with Gasteiger partial charge in [-0.1, -0.05) is 12.5 Å². The molecule has 0 saturated carbocycles. The summed E-state index contributed by atoms with van der Waals surface area (Å²) in [5.74, 6) is -0.673. The lowest BCUT2D eigenvalue weighted by molar-refractivity contribution is -0.139. The number of allylic oxidation sites excluding steroid dienone is 2. The highest BCUT2D eigenvalue weighted by atomic mass is 16.4. The number of Topliss-reactive ketones (excluding diaryl/α,β-unsaturated/α-hetero) is 1. The molecule has 2 atom stereocenters. The Morgan fingerprint density at radius 2 is 2.27 bits per heavy atom. The molecule has 3 nitrogen and oxygen atoms in total. The van der Waals surface area contributed by atoms with E-state index in [1.54, 1.807) is 0 Å². The third-order valence-corrected chi connectivity index (χ3v) is 3.54.